The second kappa shape index (κ2) is 3.93. The molecule has 3 nitrogen and oxygen atoms in total. The van der Waals surface area contributed by atoms with Crippen LogP contribution in [0.2, 0.25) is 0 Å². The minimum absolute atomic E-state index is 0.0528. The molecule has 13 heavy (non-hydrogen) atoms. The number of nitrogens with zero attached hydrogens (tertiary/aromatic N) is 1. The van der Waals surface area contributed by atoms with Crippen LogP contribution in [0.1, 0.15) is 17.3 Å². The van der Waals surface area contributed by atoms with Gasteiger partial charge in [0.2, 0.25) is 5.95 Å². The predicted molar refractivity (Wildman–Crippen MR) is 42.2 cm³/mol. The third-order valence-electron chi connectivity index (χ3n) is 1.32. The van der Waals surface area contributed by atoms with Crippen LogP contribution in [-0.2, 0) is 0 Å². The molecule has 70 valence electrons. The van der Waals surface area contributed by atoms with Crippen molar-refractivity contribution in [2.45, 2.75) is 13.2 Å². The molecular weight excluding hydrogens is 178 g/mol. The molecule has 0 saturated heterocycles. The van der Waals surface area contributed by atoms with Crippen LogP contribution in [0.3, 0.4) is 0 Å². The first-order valence-electron chi connectivity index (χ1n) is 3.66. The number of rotatable bonds is 2. The zero-order valence-corrected chi connectivity index (χ0v) is 6.92. The SMILES string of the molecule is CC(F)NC(=O)c1ccnc(F)c1. The number of pyridine rings is 1. The maximum Gasteiger partial charge on any atom is 0.253 e. The number of nitrogens with one attached hydrogen (secondary N) is 1. The Kier molecular flexibility index (Phi) is 2.89. The molecule has 0 aromatic carbocycles. The van der Waals surface area contributed by atoms with Gasteiger partial charge in [-0.15, -0.1) is 0 Å². The molecule has 0 aliphatic heterocycles. The fourth-order valence-electron chi connectivity index (χ4n) is 0.808. The van der Waals surface area contributed by atoms with E-state index < -0.39 is 18.2 Å². The minimum Gasteiger partial charge on any atom is -0.323 e. The largest absolute Gasteiger partial charge is 0.323 e. The second-order valence-electron chi connectivity index (χ2n) is 2.46. The van der Waals surface area contributed by atoms with Gasteiger partial charge in [-0.3, -0.25) is 4.79 Å². The van der Waals surface area contributed by atoms with Crippen molar-refractivity contribution in [1.82, 2.24) is 10.3 Å². The fourth-order valence-corrected chi connectivity index (χ4v) is 0.808. The zero-order chi connectivity index (χ0) is 9.84. The number of hydrogen-bond donors (Lipinski definition) is 1. The summed E-state index contributed by atoms with van der Waals surface area (Å²) in [7, 11) is 0. The van der Waals surface area contributed by atoms with Crippen molar-refractivity contribution >= 4 is 5.91 Å². The van der Waals surface area contributed by atoms with Crippen molar-refractivity contribution in [3.63, 3.8) is 0 Å². The smallest absolute Gasteiger partial charge is 0.253 e. The molecular formula is C8H8F2N2O. The highest BCUT2D eigenvalue weighted by molar-refractivity contribution is 5.94. The van der Waals surface area contributed by atoms with Crippen LogP contribution in [-0.4, -0.2) is 17.2 Å². The Morgan fingerprint density at radius 1 is 1.69 bits per heavy atom. The minimum atomic E-state index is -1.45. The van der Waals surface area contributed by atoms with Gasteiger partial charge < -0.3 is 5.32 Å². The van der Waals surface area contributed by atoms with Crippen molar-refractivity contribution in [1.29, 1.82) is 0 Å². The Morgan fingerprint density at radius 2 is 2.38 bits per heavy atom. The summed E-state index contributed by atoms with van der Waals surface area (Å²) < 4.78 is 24.8. The van der Waals surface area contributed by atoms with E-state index in [9.17, 15) is 13.6 Å². The maximum atomic E-state index is 12.5. The molecule has 0 aliphatic rings. The molecule has 0 saturated carbocycles. The lowest BCUT2D eigenvalue weighted by Crippen LogP contribution is -2.29. The van der Waals surface area contributed by atoms with Crippen LogP contribution in [0.25, 0.3) is 0 Å². The monoisotopic (exact) mass is 186 g/mol. The van der Waals surface area contributed by atoms with Crippen molar-refractivity contribution in [2.24, 2.45) is 0 Å². The number of carbonyl (C=O) groups is 1. The van der Waals surface area contributed by atoms with Gasteiger partial charge in [0.1, 0.15) is 0 Å². The van der Waals surface area contributed by atoms with Crippen LogP contribution in [0.4, 0.5) is 8.78 Å². The summed E-state index contributed by atoms with van der Waals surface area (Å²) >= 11 is 0. The van der Waals surface area contributed by atoms with Crippen molar-refractivity contribution in [3.8, 4) is 0 Å². The van der Waals surface area contributed by atoms with Crippen LogP contribution in [0, 0.1) is 5.95 Å². The molecule has 5 heteroatoms. The molecule has 1 unspecified atom stereocenters. The summed E-state index contributed by atoms with van der Waals surface area (Å²) in [5, 5.41) is 1.99. The van der Waals surface area contributed by atoms with Gasteiger partial charge in [0, 0.05) is 17.8 Å². The van der Waals surface area contributed by atoms with Gasteiger partial charge in [-0.05, 0) is 13.0 Å². The molecule has 0 aliphatic carbocycles. The highest BCUT2D eigenvalue weighted by Crippen LogP contribution is 2.00. The molecule has 1 aromatic rings. The second-order valence-corrected chi connectivity index (χ2v) is 2.46. The number of hydrogen-bond acceptors (Lipinski definition) is 2. The third kappa shape index (κ3) is 2.77. The zero-order valence-electron chi connectivity index (χ0n) is 6.92. The van der Waals surface area contributed by atoms with E-state index in [-0.39, 0.29) is 5.56 Å². The molecule has 1 amide bonds. The van der Waals surface area contributed by atoms with Gasteiger partial charge >= 0.3 is 0 Å². The standard InChI is InChI=1S/C8H8F2N2O/c1-5(9)12-8(13)6-2-3-11-7(10)4-6/h2-5H,1H3,(H,12,13). The lowest BCUT2D eigenvalue weighted by Gasteiger charge is -2.04. The Labute approximate surface area is 73.8 Å². The van der Waals surface area contributed by atoms with Crippen molar-refractivity contribution in [2.75, 3.05) is 0 Å². The highest BCUT2D eigenvalue weighted by Gasteiger charge is 2.08. The Balaban J connectivity index is 2.77. The molecule has 0 fully saturated rings. The molecule has 0 spiro atoms. The number of carbonyl (C=O) groups excluding carboxylic acids is 1. The number of alkyl halides is 1. The maximum absolute atomic E-state index is 12.5. The summed E-state index contributed by atoms with van der Waals surface area (Å²) in [6.07, 6.45) is -0.309. The van der Waals surface area contributed by atoms with E-state index in [0.717, 1.165) is 12.3 Å². The van der Waals surface area contributed by atoms with E-state index in [4.69, 9.17) is 0 Å². The van der Waals surface area contributed by atoms with Crippen molar-refractivity contribution < 1.29 is 13.6 Å². The van der Waals surface area contributed by atoms with Gasteiger partial charge in [0.15, 0.2) is 6.30 Å². The van der Waals surface area contributed by atoms with Crippen LogP contribution in [0.15, 0.2) is 18.3 Å². The first kappa shape index (κ1) is 9.57. The number of halogens is 2. The van der Waals surface area contributed by atoms with E-state index in [0.29, 0.717) is 0 Å². The molecule has 1 heterocycles. The van der Waals surface area contributed by atoms with E-state index in [1.54, 1.807) is 0 Å². The first-order chi connectivity index (χ1) is 6.09. The molecule has 1 rings (SSSR count). The normalized spacial score (nSPS) is 12.2. The molecule has 0 bridgehead atoms. The first-order valence-corrected chi connectivity index (χ1v) is 3.66. The molecule has 1 atom stereocenters. The van der Waals surface area contributed by atoms with Gasteiger partial charge in [-0.25, -0.2) is 9.37 Å². The van der Waals surface area contributed by atoms with Crippen LogP contribution >= 0.6 is 0 Å². The van der Waals surface area contributed by atoms with Crippen molar-refractivity contribution in [3.05, 3.63) is 29.8 Å². The lowest BCUT2D eigenvalue weighted by molar-refractivity contribution is 0.0903. The van der Waals surface area contributed by atoms with E-state index in [2.05, 4.69) is 4.98 Å². The van der Waals surface area contributed by atoms with E-state index >= 15 is 0 Å². The number of amides is 1. The average Bonchev–Trinajstić information content (AvgIpc) is 2.03. The Bertz CT molecular complexity index is 315. The molecule has 0 radical (unpaired) electrons. The third-order valence-corrected chi connectivity index (χ3v) is 1.32. The highest BCUT2D eigenvalue weighted by atomic mass is 19.1. The quantitative estimate of drug-likeness (QED) is 0.558. The summed E-state index contributed by atoms with van der Waals surface area (Å²) in [6.45, 7) is 1.18. The van der Waals surface area contributed by atoms with E-state index in [1.165, 1.54) is 13.0 Å². The Morgan fingerprint density at radius 3 is 2.92 bits per heavy atom. The topological polar surface area (TPSA) is 42.0 Å². The van der Waals surface area contributed by atoms with Gasteiger partial charge in [0.25, 0.3) is 5.91 Å². The van der Waals surface area contributed by atoms with Crippen LogP contribution in [0.5, 0.6) is 0 Å². The van der Waals surface area contributed by atoms with E-state index in [1.807, 2.05) is 5.32 Å². The molecule has 1 N–H and O–H groups in total. The summed E-state index contributed by atoms with van der Waals surface area (Å²) in [6, 6.07) is 2.25. The summed E-state index contributed by atoms with van der Waals surface area (Å²) in [5.74, 6) is -1.42. The van der Waals surface area contributed by atoms with Crippen LogP contribution < -0.4 is 5.32 Å². The Hall–Kier alpha value is -1.52. The number of aromatic nitrogens is 1. The summed E-state index contributed by atoms with van der Waals surface area (Å²) in [5.41, 5.74) is 0.0528. The van der Waals surface area contributed by atoms with Gasteiger partial charge in [-0.1, -0.05) is 0 Å². The lowest BCUT2D eigenvalue weighted by atomic mass is 10.2. The predicted octanol–water partition coefficient (Wildman–Crippen LogP) is 1.27. The average molecular weight is 186 g/mol. The molecule has 1 aromatic heterocycles. The van der Waals surface area contributed by atoms with Gasteiger partial charge in [0.05, 0.1) is 0 Å². The summed E-state index contributed by atoms with van der Waals surface area (Å²) in [4.78, 5) is 14.3. The fraction of sp³-hybridized carbons (Fsp3) is 0.250. The van der Waals surface area contributed by atoms with Gasteiger partial charge in [-0.2, -0.15) is 4.39 Å².